The first kappa shape index (κ1) is 16.4. The van der Waals surface area contributed by atoms with E-state index in [-0.39, 0.29) is 5.91 Å². The van der Waals surface area contributed by atoms with E-state index >= 15 is 0 Å². The molecule has 2 N–H and O–H groups in total. The van der Waals surface area contributed by atoms with Crippen LogP contribution in [-0.4, -0.2) is 42.3 Å². The predicted molar refractivity (Wildman–Crippen MR) is 101 cm³/mol. The van der Waals surface area contributed by atoms with E-state index in [1.807, 2.05) is 30.3 Å². The van der Waals surface area contributed by atoms with Crippen molar-refractivity contribution in [2.45, 2.75) is 12.8 Å². The quantitative estimate of drug-likeness (QED) is 0.665. The van der Waals surface area contributed by atoms with Crippen LogP contribution in [0.5, 0.6) is 0 Å². The molecule has 1 saturated heterocycles. The van der Waals surface area contributed by atoms with Gasteiger partial charge in [-0.15, -0.1) is 5.10 Å². The average Bonchev–Trinajstić information content (AvgIpc) is 3.35. The van der Waals surface area contributed by atoms with Crippen LogP contribution in [0.2, 0.25) is 0 Å². The van der Waals surface area contributed by atoms with Crippen molar-refractivity contribution < 1.29 is 9.21 Å². The third-order valence-electron chi connectivity index (χ3n) is 4.48. The molecule has 26 heavy (non-hydrogen) atoms. The van der Waals surface area contributed by atoms with E-state index in [0.717, 1.165) is 24.2 Å². The number of anilines is 2. The van der Waals surface area contributed by atoms with Gasteiger partial charge < -0.3 is 20.0 Å². The van der Waals surface area contributed by atoms with Gasteiger partial charge in [-0.1, -0.05) is 18.2 Å². The van der Waals surface area contributed by atoms with Crippen molar-refractivity contribution in [3.8, 4) is 0 Å². The minimum absolute atomic E-state index is 0.222. The van der Waals surface area contributed by atoms with E-state index in [4.69, 9.17) is 4.42 Å². The van der Waals surface area contributed by atoms with Crippen LogP contribution in [0.1, 0.15) is 23.4 Å². The first-order valence-electron chi connectivity index (χ1n) is 8.88. The normalized spacial score (nSPS) is 13.9. The van der Waals surface area contributed by atoms with Gasteiger partial charge >= 0.3 is 0 Å². The first-order chi connectivity index (χ1) is 12.8. The van der Waals surface area contributed by atoms with E-state index in [2.05, 4.69) is 25.7 Å². The Labute approximate surface area is 151 Å². The van der Waals surface area contributed by atoms with Crippen LogP contribution in [0.4, 0.5) is 11.5 Å². The van der Waals surface area contributed by atoms with Crippen molar-refractivity contribution in [1.29, 1.82) is 0 Å². The second-order valence-electron chi connectivity index (χ2n) is 6.32. The van der Waals surface area contributed by atoms with Crippen LogP contribution in [0, 0.1) is 0 Å². The molecule has 134 valence electrons. The highest BCUT2D eigenvalue weighted by Crippen LogP contribution is 2.21. The van der Waals surface area contributed by atoms with Gasteiger partial charge in [0.2, 0.25) is 0 Å². The van der Waals surface area contributed by atoms with E-state index in [1.165, 1.54) is 12.8 Å². The zero-order valence-corrected chi connectivity index (χ0v) is 14.4. The number of fused-ring (bicyclic) bond motifs is 1. The van der Waals surface area contributed by atoms with Crippen molar-refractivity contribution in [3.05, 3.63) is 48.4 Å². The monoisotopic (exact) mass is 351 g/mol. The van der Waals surface area contributed by atoms with E-state index < -0.39 is 0 Å². The fraction of sp³-hybridized carbons (Fsp3) is 0.316. The molecule has 4 rings (SSSR count). The van der Waals surface area contributed by atoms with Gasteiger partial charge in [-0.3, -0.25) is 4.79 Å². The average molecular weight is 351 g/mol. The molecular weight excluding hydrogens is 330 g/mol. The van der Waals surface area contributed by atoms with Crippen LogP contribution < -0.4 is 15.5 Å². The topological polar surface area (TPSA) is 83.3 Å². The smallest absolute Gasteiger partial charge is 0.287 e. The molecule has 0 saturated carbocycles. The summed E-state index contributed by atoms with van der Waals surface area (Å²) in [5, 5.41) is 15.1. The molecular formula is C19H21N5O2. The number of rotatable bonds is 6. The number of carbonyl (C=O) groups excluding carboxylic acids is 1. The largest absolute Gasteiger partial charge is 0.451 e. The number of benzene rings is 1. The van der Waals surface area contributed by atoms with Gasteiger partial charge in [0, 0.05) is 37.6 Å². The maximum atomic E-state index is 12.2. The van der Waals surface area contributed by atoms with Crippen molar-refractivity contribution in [2.24, 2.45) is 0 Å². The molecule has 3 aromatic rings. The Kier molecular flexibility index (Phi) is 4.68. The zero-order valence-electron chi connectivity index (χ0n) is 14.4. The maximum Gasteiger partial charge on any atom is 0.287 e. The molecule has 0 spiro atoms. The number of hydrogen-bond donors (Lipinski definition) is 2. The lowest BCUT2D eigenvalue weighted by Crippen LogP contribution is -2.28. The van der Waals surface area contributed by atoms with E-state index in [0.29, 0.717) is 30.3 Å². The fourth-order valence-corrected chi connectivity index (χ4v) is 3.14. The van der Waals surface area contributed by atoms with Crippen LogP contribution in [0.25, 0.3) is 11.0 Å². The summed E-state index contributed by atoms with van der Waals surface area (Å²) in [5.41, 5.74) is 1.80. The SMILES string of the molecule is O=C(NCCNc1cc(N2CCCC2)cnn1)c1cc2ccccc2o1. The fourth-order valence-electron chi connectivity index (χ4n) is 3.14. The van der Waals surface area contributed by atoms with Gasteiger partial charge in [0.1, 0.15) is 5.58 Å². The van der Waals surface area contributed by atoms with Crippen molar-refractivity contribution in [1.82, 2.24) is 15.5 Å². The molecule has 1 amide bonds. The Balaban J connectivity index is 1.28. The lowest BCUT2D eigenvalue weighted by molar-refractivity contribution is 0.0929. The third-order valence-corrected chi connectivity index (χ3v) is 4.48. The van der Waals surface area contributed by atoms with Crippen LogP contribution >= 0.6 is 0 Å². The molecule has 0 atom stereocenters. The summed E-state index contributed by atoms with van der Waals surface area (Å²) in [6.07, 6.45) is 4.23. The van der Waals surface area contributed by atoms with Crippen LogP contribution in [-0.2, 0) is 0 Å². The lowest BCUT2D eigenvalue weighted by atomic mass is 10.2. The number of aromatic nitrogens is 2. The Bertz CT molecular complexity index is 869. The molecule has 1 aliphatic heterocycles. The molecule has 1 aliphatic rings. The van der Waals surface area contributed by atoms with Crippen molar-refractivity contribution >= 4 is 28.4 Å². The number of carbonyl (C=O) groups is 1. The van der Waals surface area contributed by atoms with Crippen molar-refractivity contribution in [2.75, 3.05) is 36.4 Å². The third kappa shape index (κ3) is 3.61. The summed E-state index contributed by atoms with van der Waals surface area (Å²) in [7, 11) is 0. The molecule has 2 aromatic heterocycles. The molecule has 0 bridgehead atoms. The Morgan fingerprint density at radius 1 is 1.15 bits per heavy atom. The second-order valence-corrected chi connectivity index (χ2v) is 6.32. The van der Waals surface area contributed by atoms with Gasteiger partial charge in [0.25, 0.3) is 5.91 Å². The number of furan rings is 1. The lowest BCUT2D eigenvalue weighted by Gasteiger charge is -2.17. The minimum Gasteiger partial charge on any atom is -0.451 e. The number of nitrogens with one attached hydrogen (secondary N) is 2. The molecule has 0 aliphatic carbocycles. The summed E-state index contributed by atoms with van der Waals surface area (Å²) >= 11 is 0. The first-order valence-corrected chi connectivity index (χ1v) is 8.88. The Morgan fingerprint density at radius 3 is 2.85 bits per heavy atom. The summed E-state index contributed by atoms with van der Waals surface area (Å²) in [5.74, 6) is 0.814. The van der Waals surface area contributed by atoms with Gasteiger partial charge in [0.15, 0.2) is 11.6 Å². The number of amides is 1. The maximum absolute atomic E-state index is 12.2. The highest BCUT2D eigenvalue weighted by Gasteiger charge is 2.14. The van der Waals surface area contributed by atoms with Gasteiger partial charge in [-0.05, 0) is 25.0 Å². The highest BCUT2D eigenvalue weighted by atomic mass is 16.3. The summed E-state index contributed by atoms with van der Waals surface area (Å²) in [6, 6.07) is 11.3. The highest BCUT2D eigenvalue weighted by molar-refractivity contribution is 5.96. The standard InChI is InChI=1S/C19H21N5O2/c25-19(17-11-14-5-1-2-6-16(14)26-17)21-8-7-20-18-12-15(13-22-23-18)24-9-3-4-10-24/h1-2,5-6,11-13H,3-4,7-10H2,(H,20,23)(H,21,25). The molecule has 1 aromatic carbocycles. The van der Waals surface area contributed by atoms with Crippen LogP contribution in [0.15, 0.2) is 47.0 Å². The summed E-state index contributed by atoms with van der Waals surface area (Å²) in [6.45, 7) is 3.16. The van der Waals surface area contributed by atoms with Crippen molar-refractivity contribution in [3.63, 3.8) is 0 Å². The van der Waals surface area contributed by atoms with E-state index in [9.17, 15) is 4.79 Å². The minimum atomic E-state index is -0.222. The molecule has 0 radical (unpaired) electrons. The second kappa shape index (κ2) is 7.43. The van der Waals surface area contributed by atoms with Gasteiger partial charge in [-0.2, -0.15) is 5.10 Å². The Hall–Kier alpha value is -3.09. The summed E-state index contributed by atoms with van der Waals surface area (Å²) < 4.78 is 5.56. The van der Waals surface area contributed by atoms with E-state index in [1.54, 1.807) is 12.3 Å². The van der Waals surface area contributed by atoms with Crippen LogP contribution in [0.3, 0.4) is 0 Å². The molecule has 7 heteroatoms. The predicted octanol–water partition coefficient (Wildman–Crippen LogP) is 2.66. The summed E-state index contributed by atoms with van der Waals surface area (Å²) in [4.78, 5) is 14.5. The van der Waals surface area contributed by atoms with Gasteiger partial charge in [-0.25, -0.2) is 0 Å². The number of nitrogens with zero attached hydrogens (tertiary/aromatic N) is 3. The number of para-hydroxylation sites is 1. The Morgan fingerprint density at radius 2 is 2.00 bits per heavy atom. The molecule has 1 fully saturated rings. The molecule has 7 nitrogen and oxygen atoms in total. The molecule has 0 unspecified atom stereocenters. The zero-order chi connectivity index (χ0) is 17.8. The molecule has 3 heterocycles. The number of hydrogen-bond acceptors (Lipinski definition) is 6. The van der Waals surface area contributed by atoms with Gasteiger partial charge in [0.05, 0.1) is 11.9 Å².